The lowest BCUT2D eigenvalue weighted by molar-refractivity contribution is 0.0938. The van der Waals surface area contributed by atoms with Crippen LogP contribution in [0.3, 0.4) is 0 Å². The molecular formula is C22H26N4O3S. The van der Waals surface area contributed by atoms with E-state index < -0.39 is 0 Å². The lowest BCUT2D eigenvalue weighted by Gasteiger charge is -2.17. The molecule has 0 aliphatic carbocycles. The highest BCUT2D eigenvalue weighted by atomic mass is 32.1. The summed E-state index contributed by atoms with van der Waals surface area (Å²) in [7, 11) is 3.25. The summed E-state index contributed by atoms with van der Waals surface area (Å²) in [6.07, 6.45) is 1.46. The first-order chi connectivity index (χ1) is 14.6. The molecule has 2 aromatic carbocycles. The Kier molecular flexibility index (Phi) is 7.62. The molecule has 0 fully saturated rings. The lowest BCUT2D eigenvalue weighted by atomic mass is 10.1. The minimum Gasteiger partial charge on any atom is -0.497 e. The molecule has 0 saturated carbocycles. The minimum absolute atomic E-state index is 0.0199. The average molecular weight is 427 g/mol. The molecule has 30 heavy (non-hydrogen) atoms. The molecule has 158 valence electrons. The normalized spacial score (nSPS) is 11.6. The Morgan fingerprint density at radius 1 is 1.03 bits per heavy atom. The van der Waals surface area contributed by atoms with E-state index in [0.717, 1.165) is 34.4 Å². The summed E-state index contributed by atoms with van der Waals surface area (Å²) in [6.45, 7) is 2.62. The number of aromatic nitrogens is 2. The summed E-state index contributed by atoms with van der Waals surface area (Å²) in [5.74, 6) is 2.21. The van der Waals surface area contributed by atoms with Crippen molar-refractivity contribution in [1.29, 1.82) is 0 Å². The van der Waals surface area contributed by atoms with Gasteiger partial charge in [-0.1, -0.05) is 19.1 Å². The monoisotopic (exact) mass is 426 g/mol. The van der Waals surface area contributed by atoms with Crippen LogP contribution in [0.1, 0.15) is 35.1 Å². The van der Waals surface area contributed by atoms with Gasteiger partial charge in [0.05, 0.1) is 14.2 Å². The number of ether oxygens (including phenoxy) is 2. The van der Waals surface area contributed by atoms with Crippen LogP contribution in [0.4, 0.5) is 5.13 Å². The molecule has 0 bridgehead atoms. The summed E-state index contributed by atoms with van der Waals surface area (Å²) >= 11 is 1.32. The molecular weight excluding hydrogens is 400 g/mol. The first-order valence-corrected chi connectivity index (χ1v) is 10.5. The first-order valence-electron chi connectivity index (χ1n) is 9.75. The topological polar surface area (TPSA) is 85.4 Å². The average Bonchev–Trinajstić information content (AvgIpc) is 3.24. The van der Waals surface area contributed by atoms with Gasteiger partial charge in [-0.2, -0.15) is 4.37 Å². The number of rotatable bonds is 10. The van der Waals surface area contributed by atoms with Crippen LogP contribution in [0.5, 0.6) is 11.5 Å². The highest BCUT2D eigenvalue weighted by Crippen LogP contribution is 2.17. The summed E-state index contributed by atoms with van der Waals surface area (Å²) < 4.78 is 14.7. The number of carbonyl (C=O) groups is 1. The van der Waals surface area contributed by atoms with E-state index in [9.17, 15) is 4.79 Å². The van der Waals surface area contributed by atoms with Gasteiger partial charge >= 0.3 is 0 Å². The third kappa shape index (κ3) is 5.93. The Morgan fingerprint density at radius 2 is 1.67 bits per heavy atom. The SMILES string of the molecule is CCC(CNc1nc(Cc2ccc(OC)cc2)ns1)NC(=O)c1ccc(OC)cc1. The van der Waals surface area contributed by atoms with Crippen molar-refractivity contribution in [1.82, 2.24) is 14.7 Å². The molecule has 2 N–H and O–H groups in total. The van der Waals surface area contributed by atoms with E-state index in [-0.39, 0.29) is 11.9 Å². The van der Waals surface area contributed by atoms with Crippen molar-refractivity contribution < 1.29 is 14.3 Å². The Morgan fingerprint density at radius 3 is 2.27 bits per heavy atom. The van der Waals surface area contributed by atoms with E-state index in [4.69, 9.17) is 9.47 Å². The number of nitrogens with zero attached hydrogens (tertiary/aromatic N) is 2. The van der Waals surface area contributed by atoms with Crippen molar-refractivity contribution in [3.8, 4) is 11.5 Å². The third-order valence-electron chi connectivity index (χ3n) is 4.67. The molecule has 0 aliphatic heterocycles. The summed E-state index contributed by atoms with van der Waals surface area (Å²) in [5.41, 5.74) is 1.73. The van der Waals surface area contributed by atoms with Gasteiger partial charge < -0.3 is 20.1 Å². The van der Waals surface area contributed by atoms with Crippen molar-refractivity contribution >= 4 is 22.6 Å². The van der Waals surface area contributed by atoms with Crippen LogP contribution in [0.25, 0.3) is 0 Å². The molecule has 0 spiro atoms. The Balaban J connectivity index is 1.51. The predicted molar refractivity (Wildman–Crippen MR) is 119 cm³/mol. The van der Waals surface area contributed by atoms with E-state index in [0.29, 0.717) is 18.5 Å². The van der Waals surface area contributed by atoms with Gasteiger partial charge in [0.15, 0.2) is 0 Å². The van der Waals surface area contributed by atoms with Gasteiger partial charge in [-0.05, 0) is 48.4 Å². The zero-order valence-electron chi connectivity index (χ0n) is 17.3. The molecule has 0 saturated heterocycles. The number of methoxy groups -OCH3 is 2. The van der Waals surface area contributed by atoms with E-state index in [1.165, 1.54) is 11.5 Å². The number of nitrogens with one attached hydrogen (secondary N) is 2. The van der Waals surface area contributed by atoms with Crippen LogP contribution >= 0.6 is 11.5 Å². The number of carbonyl (C=O) groups excluding carboxylic acids is 1. The van der Waals surface area contributed by atoms with Crippen molar-refractivity contribution in [3.05, 3.63) is 65.5 Å². The zero-order chi connectivity index (χ0) is 21.3. The van der Waals surface area contributed by atoms with Crippen molar-refractivity contribution in [2.24, 2.45) is 0 Å². The molecule has 1 atom stereocenters. The van der Waals surface area contributed by atoms with Crippen LogP contribution in [0, 0.1) is 0 Å². The first kappa shape index (κ1) is 21.6. The predicted octanol–water partition coefficient (Wildman–Crippen LogP) is 3.77. The van der Waals surface area contributed by atoms with E-state index in [2.05, 4.69) is 20.0 Å². The summed E-state index contributed by atoms with van der Waals surface area (Å²) in [6, 6.07) is 14.9. The Bertz CT molecular complexity index is 942. The van der Waals surface area contributed by atoms with Crippen LogP contribution in [-0.4, -0.2) is 42.1 Å². The van der Waals surface area contributed by atoms with Crippen molar-refractivity contribution in [2.75, 3.05) is 26.1 Å². The van der Waals surface area contributed by atoms with Crippen LogP contribution in [0.2, 0.25) is 0 Å². The fourth-order valence-corrected chi connectivity index (χ4v) is 3.43. The van der Waals surface area contributed by atoms with Crippen LogP contribution < -0.4 is 20.1 Å². The molecule has 1 aromatic heterocycles. The fraction of sp³-hybridized carbons (Fsp3) is 0.318. The molecule has 0 aliphatic rings. The fourth-order valence-electron chi connectivity index (χ4n) is 2.84. The number of anilines is 1. The van der Waals surface area contributed by atoms with E-state index in [1.807, 2.05) is 31.2 Å². The second kappa shape index (κ2) is 10.6. The van der Waals surface area contributed by atoms with Gasteiger partial charge in [-0.15, -0.1) is 0 Å². The van der Waals surface area contributed by atoms with Gasteiger partial charge in [0.1, 0.15) is 17.3 Å². The van der Waals surface area contributed by atoms with Gasteiger partial charge in [0, 0.05) is 36.1 Å². The van der Waals surface area contributed by atoms with Crippen molar-refractivity contribution in [3.63, 3.8) is 0 Å². The number of hydrogen-bond donors (Lipinski definition) is 2. The van der Waals surface area contributed by atoms with Gasteiger partial charge in [0.25, 0.3) is 5.91 Å². The highest BCUT2D eigenvalue weighted by molar-refractivity contribution is 7.09. The summed E-state index contributed by atoms with van der Waals surface area (Å²) in [4.78, 5) is 17.0. The highest BCUT2D eigenvalue weighted by Gasteiger charge is 2.13. The minimum atomic E-state index is -0.108. The Labute approximate surface area is 180 Å². The molecule has 8 heteroatoms. The molecule has 3 rings (SSSR count). The van der Waals surface area contributed by atoms with Crippen molar-refractivity contribution in [2.45, 2.75) is 25.8 Å². The zero-order valence-corrected chi connectivity index (χ0v) is 18.2. The lowest BCUT2D eigenvalue weighted by Crippen LogP contribution is -2.39. The van der Waals surface area contributed by atoms with Gasteiger partial charge in [-0.3, -0.25) is 4.79 Å². The van der Waals surface area contributed by atoms with E-state index >= 15 is 0 Å². The maximum Gasteiger partial charge on any atom is 0.251 e. The standard InChI is InChI=1S/C22H26N4O3S/c1-4-17(24-21(27)16-7-11-19(29-3)12-8-16)14-23-22-25-20(26-30-22)13-15-5-9-18(28-2)10-6-15/h5-12,17H,4,13-14H2,1-3H3,(H,24,27)(H,23,25,26). The smallest absolute Gasteiger partial charge is 0.251 e. The second-order valence-corrected chi connectivity index (χ2v) is 7.48. The number of hydrogen-bond acceptors (Lipinski definition) is 7. The number of amides is 1. The van der Waals surface area contributed by atoms with Crippen LogP contribution in [0.15, 0.2) is 48.5 Å². The molecule has 1 amide bonds. The molecule has 3 aromatic rings. The number of benzene rings is 2. The Hall–Kier alpha value is -3.13. The molecule has 1 unspecified atom stereocenters. The molecule has 7 nitrogen and oxygen atoms in total. The largest absolute Gasteiger partial charge is 0.497 e. The third-order valence-corrected chi connectivity index (χ3v) is 5.38. The maximum atomic E-state index is 12.5. The molecule has 0 radical (unpaired) electrons. The van der Waals surface area contributed by atoms with E-state index in [1.54, 1.807) is 38.5 Å². The quantitative estimate of drug-likeness (QED) is 0.513. The maximum absolute atomic E-state index is 12.5. The second-order valence-electron chi connectivity index (χ2n) is 6.73. The molecule has 1 heterocycles. The van der Waals surface area contributed by atoms with Crippen LogP contribution in [-0.2, 0) is 6.42 Å². The summed E-state index contributed by atoms with van der Waals surface area (Å²) in [5, 5.41) is 7.08. The van der Waals surface area contributed by atoms with Gasteiger partial charge in [0.2, 0.25) is 5.13 Å². The van der Waals surface area contributed by atoms with Gasteiger partial charge in [-0.25, -0.2) is 4.98 Å².